The number of nitrogens with zero attached hydrogens (tertiary/aromatic N) is 5. The molecule has 33 heavy (non-hydrogen) atoms. The molecule has 0 bridgehead atoms. The zero-order valence-electron chi connectivity index (χ0n) is 18.2. The number of nitrogens with two attached hydrogens (primary N) is 2. The van der Waals surface area contributed by atoms with Crippen LogP contribution in [-0.2, 0) is 5.54 Å². The van der Waals surface area contributed by atoms with Crippen LogP contribution in [0.2, 0.25) is 0 Å². The van der Waals surface area contributed by atoms with Gasteiger partial charge in [0.15, 0.2) is 5.65 Å². The van der Waals surface area contributed by atoms with Crippen LogP contribution in [-0.4, -0.2) is 24.6 Å². The minimum Gasteiger partial charge on any atom is -0.383 e. The first-order chi connectivity index (χ1) is 15.8. The van der Waals surface area contributed by atoms with Crippen molar-refractivity contribution in [2.75, 3.05) is 5.73 Å². The first-order valence-corrected chi connectivity index (χ1v) is 11.2. The van der Waals surface area contributed by atoms with Crippen LogP contribution in [0.3, 0.4) is 0 Å². The molecule has 1 aromatic carbocycles. The van der Waals surface area contributed by atoms with Gasteiger partial charge in [0.05, 0.1) is 22.1 Å². The number of hydrogen-bond donors (Lipinski definition) is 2. The molecule has 0 fully saturated rings. The normalized spacial score (nSPS) is 11.8. The largest absolute Gasteiger partial charge is 0.383 e. The molecule has 4 aromatic heterocycles. The lowest BCUT2D eigenvalue weighted by atomic mass is 9.94. The Kier molecular flexibility index (Phi) is 5.19. The van der Waals surface area contributed by atoms with Gasteiger partial charge in [-0.1, -0.05) is 30.3 Å². The first kappa shape index (κ1) is 21.2. The second-order valence-corrected chi connectivity index (χ2v) is 9.22. The zero-order chi connectivity index (χ0) is 23.2. The van der Waals surface area contributed by atoms with Crippen LogP contribution in [0.5, 0.6) is 0 Å². The highest BCUT2D eigenvalue weighted by Crippen LogP contribution is 2.35. The molecule has 164 valence electrons. The van der Waals surface area contributed by atoms with Crippen molar-refractivity contribution in [1.29, 1.82) is 0 Å². The topological polar surface area (TPSA) is 108 Å². The van der Waals surface area contributed by atoms with Crippen LogP contribution >= 0.6 is 15.9 Å². The van der Waals surface area contributed by atoms with E-state index in [0.717, 1.165) is 39.2 Å². The van der Waals surface area contributed by atoms with Crippen molar-refractivity contribution in [3.63, 3.8) is 0 Å². The fourth-order valence-electron chi connectivity index (χ4n) is 3.69. The second-order valence-electron chi connectivity index (χ2n) is 8.43. The Balaban J connectivity index is 1.59. The fraction of sp³-hybridized carbons (Fsp3) is 0.120. The van der Waals surface area contributed by atoms with Crippen molar-refractivity contribution in [1.82, 2.24) is 24.6 Å². The molecule has 8 heteroatoms. The summed E-state index contributed by atoms with van der Waals surface area (Å²) >= 11 is 3.61. The van der Waals surface area contributed by atoms with Gasteiger partial charge in [-0.15, -0.1) is 0 Å². The molecule has 0 aliphatic rings. The summed E-state index contributed by atoms with van der Waals surface area (Å²) in [4.78, 5) is 13.7. The predicted molar refractivity (Wildman–Crippen MR) is 134 cm³/mol. The summed E-state index contributed by atoms with van der Waals surface area (Å²) in [7, 11) is 0. The van der Waals surface area contributed by atoms with E-state index < -0.39 is 5.54 Å². The monoisotopic (exact) mass is 499 g/mol. The van der Waals surface area contributed by atoms with Gasteiger partial charge in [0, 0.05) is 46.4 Å². The summed E-state index contributed by atoms with van der Waals surface area (Å²) in [6.07, 6.45) is 7.11. The van der Waals surface area contributed by atoms with E-state index in [0.29, 0.717) is 15.9 Å². The maximum absolute atomic E-state index is 6.42. The average molecular weight is 500 g/mol. The summed E-state index contributed by atoms with van der Waals surface area (Å²) in [6, 6.07) is 15.9. The summed E-state index contributed by atoms with van der Waals surface area (Å²) in [5.41, 5.74) is 19.2. The Labute approximate surface area is 199 Å². The maximum atomic E-state index is 6.42. The molecule has 0 aliphatic carbocycles. The van der Waals surface area contributed by atoms with E-state index in [4.69, 9.17) is 16.5 Å². The van der Waals surface area contributed by atoms with Crippen molar-refractivity contribution in [2.24, 2.45) is 5.73 Å². The van der Waals surface area contributed by atoms with Gasteiger partial charge in [0.2, 0.25) is 0 Å². The van der Waals surface area contributed by atoms with Crippen LogP contribution in [0.25, 0.3) is 39.3 Å². The van der Waals surface area contributed by atoms with Gasteiger partial charge in [0.1, 0.15) is 5.82 Å². The number of halogens is 1. The molecule has 0 saturated carbocycles. The van der Waals surface area contributed by atoms with E-state index in [1.54, 1.807) is 23.1 Å². The second kappa shape index (κ2) is 8.06. The summed E-state index contributed by atoms with van der Waals surface area (Å²) < 4.78 is 2.32. The lowest BCUT2D eigenvalue weighted by Crippen LogP contribution is -2.28. The van der Waals surface area contributed by atoms with Gasteiger partial charge < -0.3 is 11.5 Å². The van der Waals surface area contributed by atoms with Gasteiger partial charge in [-0.3, -0.25) is 9.97 Å². The van der Waals surface area contributed by atoms with E-state index in [2.05, 4.69) is 31.0 Å². The number of benzene rings is 1. The van der Waals surface area contributed by atoms with Crippen molar-refractivity contribution in [3.05, 3.63) is 83.4 Å². The molecule has 0 atom stereocenters. The third-order valence-electron chi connectivity index (χ3n) is 5.56. The van der Waals surface area contributed by atoms with Gasteiger partial charge in [-0.2, -0.15) is 9.61 Å². The highest BCUT2D eigenvalue weighted by atomic mass is 79.9. The third-order valence-corrected chi connectivity index (χ3v) is 6.34. The van der Waals surface area contributed by atoms with E-state index in [-0.39, 0.29) is 0 Å². The Morgan fingerprint density at radius 1 is 0.909 bits per heavy atom. The molecule has 0 aliphatic heterocycles. The van der Waals surface area contributed by atoms with E-state index >= 15 is 0 Å². The molecular formula is C25H22BrN7. The Morgan fingerprint density at radius 2 is 1.67 bits per heavy atom. The van der Waals surface area contributed by atoms with Crippen molar-refractivity contribution < 1.29 is 0 Å². The van der Waals surface area contributed by atoms with Gasteiger partial charge in [0.25, 0.3) is 0 Å². The number of fused-ring (bicyclic) bond motifs is 1. The molecule has 4 N–H and O–H groups in total. The number of pyridine rings is 2. The zero-order valence-corrected chi connectivity index (χ0v) is 19.8. The lowest BCUT2D eigenvalue weighted by molar-refractivity contribution is 0.554. The standard InChI is InChI=1S/C25H22BrN7/c1-25(2,28)18-8-5-15(6-9-18)22-21(26)23(27)33-24(32-22)19(14-31-33)16-7-10-20(30-13-16)17-4-3-11-29-12-17/h3-14H,27-28H2,1-2H3. The lowest BCUT2D eigenvalue weighted by Gasteiger charge is -2.19. The highest BCUT2D eigenvalue weighted by molar-refractivity contribution is 9.10. The van der Waals surface area contributed by atoms with Crippen molar-refractivity contribution >= 4 is 27.4 Å². The molecule has 7 nitrogen and oxygen atoms in total. The Hall–Kier alpha value is -3.62. The molecule has 0 spiro atoms. The molecule has 5 aromatic rings. The van der Waals surface area contributed by atoms with Crippen molar-refractivity contribution in [2.45, 2.75) is 19.4 Å². The first-order valence-electron chi connectivity index (χ1n) is 10.4. The molecule has 4 heterocycles. The predicted octanol–water partition coefficient (Wildman–Crippen LogP) is 5.06. The Morgan fingerprint density at radius 3 is 2.30 bits per heavy atom. The number of nitrogen functional groups attached to an aromatic ring is 1. The smallest absolute Gasteiger partial charge is 0.165 e. The number of hydrogen-bond acceptors (Lipinski definition) is 6. The van der Waals surface area contributed by atoms with Crippen LogP contribution < -0.4 is 11.5 Å². The van der Waals surface area contributed by atoms with E-state index in [1.165, 1.54) is 0 Å². The molecular weight excluding hydrogens is 478 g/mol. The SMILES string of the molecule is CC(C)(N)c1ccc(-c2nc3c(-c4ccc(-c5cccnc5)nc4)cnn3c(N)c2Br)cc1. The van der Waals surface area contributed by atoms with Crippen LogP contribution in [0, 0.1) is 0 Å². The maximum Gasteiger partial charge on any atom is 0.165 e. The van der Waals surface area contributed by atoms with Crippen LogP contribution in [0.1, 0.15) is 19.4 Å². The highest BCUT2D eigenvalue weighted by Gasteiger charge is 2.19. The summed E-state index contributed by atoms with van der Waals surface area (Å²) in [5, 5.41) is 4.46. The fourth-order valence-corrected chi connectivity index (χ4v) is 4.17. The summed E-state index contributed by atoms with van der Waals surface area (Å²) in [6.45, 7) is 3.96. The minimum atomic E-state index is -0.417. The molecule has 0 unspecified atom stereocenters. The Bertz CT molecular complexity index is 1440. The molecule has 5 rings (SSSR count). The molecule has 0 amide bonds. The molecule has 0 radical (unpaired) electrons. The number of anilines is 1. The van der Waals surface area contributed by atoms with E-state index in [9.17, 15) is 0 Å². The van der Waals surface area contributed by atoms with E-state index in [1.807, 2.05) is 68.6 Å². The van der Waals surface area contributed by atoms with Gasteiger partial charge >= 0.3 is 0 Å². The number of aromatic nitrogens is 5. The number of rotatable bonds is 4. The molecule has 0 saturated heterocycles. The minimum absolute atomic E-state index is 0.417. The average Bonchev–Trinajstić information content (AvgIpc) is 3.26. The van der Waals surface area contributed by atoms with Gasteiger partial charge in [-0.05, 0) is 53.5 Å². The van der Waals surface area contributed by atoms with Crippen LogP contribution in [0.4, 0.5) is 5.82 Å². The third kappa shape index (κ3) is 3.88. The quantitative estimate of drug-likeness (QED) is 0.357. The van der Waals surface area contributed by atoms with Crippen LogP contribution in [0.15, 0.2) is 77.8 Å². The van der Waals surface area contributed by atoms with Gasteiger partial charge in [-0.25, -0.2) is 4.98 Å². The summed E-state index contributed by atoms with van der Waals surface area (Å²) in [5.74, 6) is 0.476. The van der Waals surface area contributed by atoms with Crippen molar-refractivity contribution in [3.8, 4) is 33.6 Å².